The van der Waals surface area contributed by atoms with Gasteiger partial charge in [0.05, 0.1) is 36.0 Å². The van der Waals surface area contributed by atoms with Crippen molar-refractivity contribution in [2.24, 2.45) is 0 Å². The SMILES string of the molecule is COc1nc2cncc(N3CCCC(OC)C3)c2s1. The van der Waals surface area contributed by atoms with Crippen LogP contribution in [-0.2, 0) is 4.74 Å². The minimum absolute atomic E-state index is 0.304. The fraction of sp³-hybridized carbons (Fsp3) is 0.538. The van der Waals surface area contributed by atoms with E-state index in [9.17, 15) is 0 Å². The molecule has 102 valence electrons. The Hall–Kier alpha value is -1.40. The molecular formula is C13H17N3O2S. The summed E-state index contributed by atoms with van der Waals surface area (Å²) in [5.74, 6) is 0. The number of thiazole rings is 1. The van der Waals surface area contributed by atoms with Gasteiger partial charge in [-0.2, -0.15) is 0 Å². The molecule has 2 aromatic rings. The van der Waals surface area contributed by atoms with Crippen LogP contribution in [0.2, 0.25) is 0 Å². The summed E-state index contributed by atoms with van der Waals surface area (Å²) >= 11 is 1.57. The molecule has 3 heterocycles. The third kappa shape index (κ3) is 2.37. The largest absolute Gasteiger partial charge is 0.473 e. The molecule has 0 saturated carbocycles. The average molecular weight is 279 g/mol. The third-order valence-electron chi connectivity index (χ3n) is 3.49. The van der Waals surface area contributed by atoms with Gasteiger partial charge in [-0.25, -0.2) is 4.98 Å². The average Bonchev–Trinajstić information content (AvgIpc) is 2.90. The molecule has 6 heteroatoms. The van der Waals surface area contributed by atoms with Crippen molar-refractivity contribution in [2.75, 3.05) is 32.2 Å². The van der Waals surface area contributed by atoms with E-state index in [0.29, 0.717) is 11.3 Å². The molecule has 0 bridgehead atoms. The van der Waals surface area contributed by atoms with Crippen molar-refractivity contribution >= 4 is 27.2 Å². The number of anilines is 1. The summed E-state index contributed by atoms with van der Waals surface area (Å²) in [7, 11) is 3.43. The highest BCUT2D eigenvalue weighted by Gasteiger charge is 2.22. The summed E-state index contributed by atoms with van der Waals surface area (Å²) in [6.45, 7) is 1.96. The fourth-order valence-corrected chi connectivity index (χ4v) is 3.37. The van der Waals surface area contributed by atoms with Crippen molar-refractivity contribution in [2.45, 2.75) is 18.9 Å². The molecule has 0 amide bonds. The van der Waals surface area contributed by atoms with Crippen molar-refractivity contribution in [1.29, 1.82) is 0 Å². The van der Waals surface area contributed by atoms with Crippen molar-refractivity contribution in [3.8, 4) is 5.19 Å². The van der Waals surface area contributed by atoms with Gasteiger partial charge >= 0.3 is 0 Å². The minimum Gasteiger partial charge on any atom is -0.473 e. The Kier molecular flexibility index (Phi) is 3.52. The molecule has 1 atom stereocenters. The molecule has 1 aliphatic rings. The number of methoxy groups -OCH3 is 2. The number of aromatic nitrogens is 2. The van der Waals surface area contributed by atoms with Gasteiger partial charge in [-0.1, -0.05) is 11.3 Å². The van der Waals surface area contributed by atoms with Gasteiger partial charge in [-0.05, 0) is 12.8 Å². The summed E-state index contributed by atoms with van der Waals surface area (Å²) in [5, 5.41) is 0.685. The van der Waals surface area contributed by atoms with Gasteiger partial charge in [0.15, 0.2) is 0 Å². The summed E-state index contributed by atoms with van der Waals surface area (Å²) in [6, 6.07) is 0. The molecular weight excluding hydrogens is 262 g/mol. The number of rotatable bonds is 3. The first-order chi connectivity index (χ1) is 9.31. The molecule has 1 aliphatic heterocycles. The summed E-state index contributed by atoms with van der Waals surface area (Å²) in [4.78, 5) is 11.0. The zero-order valence-electron chi connectivity index (χ0n) is 11.1. The van der Waals surface area contributed by atoms with Gasteiger partial charge in [-0.3, -0.25) is 4.98 Å². The quantitative estimate of drug-likeness (QED) is 0.863. The van der Waals surface area contributed by atoms with Gasteiger partial charge in [0.1, 0.15) is 5.52 Å². The molecule has 5 nitrogen and oxygen atoms in total. The predicted molar refractivity (Wildman–Crippen MR) is 76.2 cm³/mol. The minimum atomic E-state index is 0.304. The zero-order chi connectivity index (χ0) is 13.2. The Morgan fingerprint density at radius 2 is 2.26 bits per heavy atom. The molecule has 0 spiro atoms. The van der Waals surface area contributed by atoms with E-state index in [2.05, 4.69) is 14.9 Å². The normalized spacial score (nSPS) is 19.9. The molecule has 2 aromatic heterocycles. The van der Waals surface area contributed by atoms with Gasteiger partial charge < -0.3 is 14.4 Å². The van der Waals surface area contributed by atoms with Crippen LogP contribution in [0.4, 0.5) is 5.69 Å². The van der Waals surface area contributed by atoms with E-state index in [1.807, 2.05) is 6.20 Å². The number of hydrogen-bond donors (Lipinski definition) is 0. The summed E-state index contributed by atoms with van der Waals surface area (Å²) in [5.41, 5.74) is 2.04. The van der Waals surface area contributed by atoms with Crippen LogP contribution in [0.15, 0.2) is 12.4 Å². The highest BCUT2D eigenvalue weighted by molar-refractivity contribution is 7.20. The first-order valence-corrected chi connectivity index (χ1v) is 7.19. The van der Waals surface area contributed by atoms with E-state index in [1.54, 1.807) is 31.8 Å². The van der Waals surface area contributed by atoms with Crippen LogP contribution < -0.4 is 9.64 Å². The number of hydrogen-bond acceptors (Lipinski definition) is 6. The lowest BCUT2D eigenvalue weighted by molar-refractivity contribution is 0.0894. The van der Waals surface area contributed by atoms with Crippen molar-refractivity contribution in [1.82, 2.24) is 9.97 Å². The number of pyridine rings is 1. The third-order valence-corrected chi connectivity index (χ3v) is 4.54. The molecule has 1 fully saturated rings. The van der Waals surface area contributed by atoms with E-state index in [4.69, 9.17) is 9.47 Å². The van der Waals surface area contributed by atoms with E-state index in [1.165, 1.54) is 0 Å². The van der Waals surface area contributed by atoms with Crippen molar-refractivity contribution in [3.63, 3.8) is 0 Å². The Bertz CT molecular complexity index is 572. The lowest BCUT2D eigenvalue weighted by atomic mass is 10.1. The second kappa shape index (κ2) is 5.30. The smallest absolute Gasteiger partial charge is 0.274 e. The Morgan fingerprint density at radius 3 is 3.05 bits per heavy atom. The summed E-state index contributed by atoms with van der Waals surface area (Å²) in [6.07, 6.45) is 6.28. The van der Waals surface area contributed by atoms with Gasteiger partial charge in [-0.15, -0.1) is 0 Å². The van der Waals surface area contributed by atoms with Crippen LogP contribution >= 0.6 is 11.3 Å². The maximum atomic E-state index is 5.48. The Labute approximate surface area is 116 Å². The standard InChI is InChI=1S/C13H17N3O2S/c1-17-9-4-3-5-16(8-9)11-7-14-6-10-12(11)19-13(15-10)18-2/h6-7,9H,3-5,8H2,1-2H3. The molecule has 0 aromatic carbocycles. The predicted octanol–water partition coefficient (Wildman–Crippen LogP) is 2.32. The Morgan fingerprint density at radius 1 is 1.37 bits per heavy atom. The second-order valence-corrected chi connectivity index (χ2v) is 5.60. The molecule has 3 rings (SSSR count). The van der Waals surface area contributed by atoms with Gasteiger partial charge in [0.2, 0.25) is 0 Å². The van der Waals surface area contributed by atoms with Gasteiger partial charge in [0, 0.05) is 20.2 Å². The van der Waals surface area contributed by atoms with Gasteiger partial charge in [0.25, 0.3) is 5.19 Å². The first-order valence-electron chi connectivity index (χ1n) is 6.38. The molecule has 0 aliphatic carbocycles. The van der Waals surface area contributed by atoms with Crippen LogP contribution in [-0.4, -0.2) is 43.4 Å². The van der Waals surface area contributed by atoms with Crippen molar-refractivity contribution < 1.29 is 9.47 Å². The van der Waals surface area contributed by atoms with E-state index in [0.717, 1.165) is 41.8 Å². The lowest BCUT2D eigenvalue weighted by Gasteiger charge is -2.33. The van der Waals surface area contributed by atoms with E-state index >= 15 is 0 Å². The first kappa shape index (κ1) is 12.6. The number of fused-ring (bicyclic) bond motifs is 1. The second-order valence-electron chi connectivity index (χ2n) is 4.64. The number of nitrogens with zero attached hydrogens (tertiary/aromatic N) is 3. The Balaban J connectivity index is 1.97. The van der Waals surface area contributed by atoms with Crippen LogP contribution in [0.1, 0.15) is 12.8 Å². The topological polar surface area (TPSA) is 47.5 Å². The molecule has 0 N–H and O–H groups in total. The number of piperidine rings is 1. The zero-order valence-corrected chi connectivity index (χ0v) is 11.9. The monoisotopic (exact) mass is 279 g/mol. The molecule has 1 unspecified atom stereocenters. The molecule has 19 heavy (non-hydrogen) atoms. The van der Waals surface area contributed by atoms with E-state index in [-0.39, 0.29) is 0 Å². The maximum absolute atomic E-state index is 5.48. The van der Waals surface area contributed by atoms with E-state index < -0.39 is 0 Å². The van der Waals surface area contributed by atoms with Crippen LogP contribution in [0.3, 0.4) is 0 Å². The highest BCUT2D eigenvalue weighted by Crippen LogP contribution is 2.35. The van der Waals surface area contributed by atoms with Crippen molar-refractivity contribution in [3.05, 3.63) is 12.4 Å². The highest BCUT2D eigenvalue weighted by atomic mass is 32.1. The number of ether oxygens (including phenoxy) is 2. The maximum Gasteiger partial charge on any atom is 0.274 e. The lowest BCUT2D eigenvalue weighted by Crippen LogP contribution is -2.39. The fourth-order valence-electron chi connectivity index (χ4n) is 2.48. The van der Waals surface area contributed by atoms with Crippen LogP contribution in [0.25, 0.3) is 10.2 Å². The van der Waals surface area contributed by atoms with Crippen LogP contribution in [0, 0.1) is 0 Å². The molecule has 0 radical (unpaired) electrons. The van der Waals surface area contributed by atoms with Crippen LogP contribution in [0.5, 0.6) is 5.19 Å². The summed E-state index contributed by atoms with van der Waals surface area (Å²) < 4.78 is 11.8. The molecule has 1 saturated heterocycles.